The summed E-state index contributed by atoms with van der Waals surface area (Å²) in [5.74, 6) is 0. The van der Waals surface area contributed by atoms with Gasteiger partial charge >= 0.3 is 23.1 Å². The van der Waals surface area contributed by atoms with Crippen molar-refractivity contribution in [2.75, 3.05) is 0 Å². The Balaban J connectivity index is 0.00000161. The Morgan fingerprint density at radius 1 is 0.952 bits per heavy atom. The van der Waals surface area contributed by atoms with Crippen LogP contribution in [0.4, 0.5) is 0 Å². The Morgan fingerprint density at radius 2 is 1.62 bits per heavy atom. The largest absolute Gasteiger partial charge is 2.00 e. The summed E-state index contributed by atoms with van der Waals surface area (Å²) < 4.78 is 32.8. The molecule has 21 heavy (non-hydrogen) atoms. The quantitative estimate of drug-likeness (QED) is 0.446. The van der Waals surface area contributed by atoms with Crippen LogP contribution in [0.1, 0.15) is 8.42 Å². The molecule has 0 bridgehead atoms. The Morgan fingerprint density at radius 3 is 2.29 bits per heavy atom. The zero-order valence-corrected chi connectivity index (χ0v) is 13.5. The van der Waals surface area contributed by atoms with Gasteiger partial charge in [-0.15, -0.1) is 0 Å². The maximum Gasteiger partial charge on any atom is 2.00 e. The summed E-state index contributed by atoms with van der Waals surface area (Å²) in [6.07, 6.45) is 1.43. The van der Waals surface area contributed by atoms with Crippen molar-refractivity contribution >= 4 is 60.8 Å². The van der Waals surface area contributed by atoms with Gasteiger partial charge in [-0.25, -0.2) is 0 Å². The van der Waals surface area contributed by atoms with Crippen molar-refractivity contribution in [3.8, 4) is 0 Å². The molecule has 0 aromatic heterocycles. The molecule has 5 heteroatoms. The second-order valence-electron chi connectivity index (χ2n) is 4.54. The second kappa shape index (κ2) is 5.77. The van der Waals surface area contributed by atoms with Crippen molar-refractivity contribution in [2.45, 2.75) is 4.90 Å². The van der Waals surface area contributed by atoms with Crippen LogP contribution < -0.4 is 0 Å². The molecule has 0 radical (unpaired) electrons. The average molecular weight is 311 g/mol. The summed E-state index contributed by atoms with van der Waals surface area (Å²) in [6, 6.07) is 14.8. The van der Waals surface area contributed by atoms with Crippen molar-refractivity contribution < 1.29 is 15.8 Å². The Labute approximate surface area is 142 Å². The Bertz CT molecular complexity index is 956. The fourth-order valence-electron chi connectivity index (χ4n) is 2.53. The molecule has 0 saturated heterocycles. The molecule has 3 aromatic rings. The third kappa shape index (κ3) is 2.69. The van der Waals surface area contributed by atoms with E-state index in [1.54, 1.807) is 12.1 Å². The topological polar surface area (TPSA) is 54.4 Å². The number of fused-ring (bicyclic) bond motifs is 3. The van der Waals surface area contributed by atoms with Gasteiger partial charge in [-0.05, 0) is 21.7 Å². The molecule has 104 valence electrons. The molecule has 0 unspecified atom stereocenters. The van der Waals surface area contributed by atoms with Crippen LogP contribution in [-0.4, -0.2) is 36.0 Å². The van der Waals surface area contributed by atoms with Gasteiger partial charge in [0.2, 0.25) is 0 Å². The molecule has 0 saturated carbocycles. The standard InChI is InChI=1S/C16H12O3S.Mg.2H/c1-2-11-7-9-14-13-6-4-3-5-12(13)8-10-15(14)16(11)20(17,18)19;;;/h2-10H,1H2,(H,17,18,19);;;/q;+2;2*-1. The first-order valence-electron chi connectivity index (χ1n) is 6.07. The van der Waals surface area contributed by atoms with E-state index in [1.807, 2.05) is 36.4 Å². The van der Waals surface area contributed by atoms with E-state index in [-0.39, 0.29) is 30.8 Å². The summed E-state index contributed by atoms with van der Waals surface area (Å²) in [7, 11) is -4.31. The summed E-state index contributed by atoms with van der Waals surface area (Å²) in [4.78, 5) is -0.0873. The number of rotatable bonds is 2. The zero-order chi connectivity index (χ0) is 14.3. The molecule has 0 amide bonds. The smallest absolute Gasteiger partial charge is 1.00 e. The molecule has 0 aliphatic carbocycles. The molecule has 0 spiro atoms. The first kappa shape index (κ1) is 16.0. The first-order valence-corrected chi connectivity index (χ1v) is 7.51. The molecule has 3 aromatic carbocycles. The van der Waals surface area contributed by atoms with E-state index in [9.17, 15) is 13.0 Å². The van der Waals surface area contributed by atoms with Gasteiger partial charge in [0.1, 0.15) is 4.90 Å². The van der Waals surface area contributed by atoms with Crippen molar-refractivity contribution in [3.05, 3.63) is 60.7 Å². The van der Waals surface area contributed by atoms with Crippen LogP contribution in [-0.2, 0) is 10.1 Å². The van der Waals surface area contributed by atoms with Crippen LogP contribution in [0.25, 0.3) is 27.6 Å². The number of hydrogen-bond acceptors (Lipinski definition) is 2. The molecule has 3 nitrogen and oxygen atoms in total. The molecule has 0 fully saturated rings. The minimum Gasteiger partial charge on any atom is -1.00 e. The molecular weight excluding hydrogens is 297 g/mol. The van der Waals surface area contributed by atoms with E-state index in [0.717, 1.165) is 16.2 Å². The molecule has 0 aliphatic heterocycles. The minimum absolute atomic E-state index is 0. The third-order valence-corrected chi connectivity index (χ3v) is 4.36. The van der Waals surface area contributed by atoms with Crippen molar-refractivity contribution in [1.29, 1.82) is 0 Å². The Kier molecular flexibility index (Phi) is 4.39. The van der Waals surface area contributed by atoms with Gasteiger partial charge in [0.05, 0.1) is 0 Å². The zero-order valence-electron chi connectivity index (χ0n) is 13.3. The van der Waals surface area contributed by atoms with Crippen molar-refractivity contribution in [1.82, 2.24) is 0 Å². The summed E-state index contributed by atoms with van der Waals surface area (Å²) in [6.45, 7) is 3.60. The summed E-state index contributed by atoms with van der Waals surface area (Å²) in [5.41, 5.74) is 0.398. The first-order chi connectivity index (χ1) is 9.52. The second-order valence-corrected chi connectivity index (χ2v) is 5.90. The fourth-order valence-corrected chi connectivity index (χ4v) is 3.43. The average Bonchev–Trinajstić information content (AvgIpc) is 2.44. The monoisotopic (exact) mass is 310 g/mol. The molecule has 0 atom stereocenters. The van der Waals surface area contributed by atoms with Crippen molar-refractivity contribution in [3.63, 3.8) is 0 Å². The van der Waals surface area contributed by atoms with Gasteiger partial charge in [-0.1, -0.05) is 61.2 Å². The van der Waals surface area contributed by atoms with Gasteiger partial charge in [0.15, 0.2) is 0 Å². The maximum absolute atomic E-state index is 11.7. The third-order valence-electron chi connectivity index (χ3n) is 3.38. The molecule has 0 heterocycles. The van der Waals surface area contributed by atoms with Crippen LogP contribution in [0.15, 0.2) is 60.0 Å². The fraction of sp³-hybridized carbons (Fsp3) is 0. The minimum atomic E-state index is -4.31. The van der Waals surface area contributed by atoms with Crippen molar-refractivity contribution in [2.24, 2.45) is 0 Å². The summed E-state index contributed by atoms with van der Waals surface area (Å²) in [5, 5.41) is 3.27. The number of benzene rings is 3. The van der Waals surface area contributed by atoms with Crippen LogP contribution in [0, 0.1) is 0 Å². The van der Waals surface area contributed by atoms with Gasteiger partial charge in [-0.3, -0.25) is 4.55 Å². The molecule has 1 N–H and O–H groups in total. The van der Waals surface area contributed by atoms with E-state index in [0.29, 0.717) is 10.9 Å². The SMILES string of the molecule is C=Cc1ccc2c(ccc3ccccc32)c1S(=O)(=O)O.[H-].[H-].[Mg+2]. The number of hydrogen-bond donors (Lipinski definition) is 1. The maximum atomic E-state index is 11.7. The van der Waals surface area contributed by atoms with Gasteiger partial charge < -0.3 is 2.85 Å². The van der Waals surface area contributed by atoms with Gasteiger partial charge in [0, 0.05) is 5.39 Å². The van der Waals surface area contributed by atoms with Crippen LogP contribution in [0.3, 0.4) is 0 Å². The van der Waals surface area contributed by atoms with E-state index in [1.165, 1.54) is 6.08 Å². The molecular formula is C16H14MgO3S. The predicted molar refractivity (Wildman–Crippen MR) is 89.3 cm³/mol. The van der Waals surface area contributed by atoms with E-state index >= 15 is 0 Å². The van der Waals surface area contributed by atoms with Crippen LogP contribution in [0.5, 0.6) is 0 Å². The van der Waals surface area contributed by atoms with E-state index in [4.69, 9.17) is 0 Å². The van der Waals surface area contributed by atoms with Gasteiger partial charge in [-0.2, -0.15) is 8.42 Å². The molecule has 3 rings (SSSR count). The normalized spacial score (nSPS) is 11.3. The van der Waals surface area contributed by atoms with Gasteiger partial charge in [0.25, 0.3) is 10.1 Å². The van der Waals surface area contributed by atoms with Crippen LogP contribution in [0.2, 0.25) is 0 Å². The summed E-state index contributed by atoms with van der Waals surface area (Å²) >= 11 is 0. The predicted octanol–water partition coefficient (Wildman–Crippen LogP) is 3.73. The Hall–Kier alpha value is -1.40. The molecule has 0 aliphatic rings. The van der Waals surface area contributed by atoms with E-state index < -0.39 is 10.1 Å². The van der Waals surface area contributed by atoms with Crippen LogP contribution >= 0.6 is 0 Å². The van der Waals surface area contributed by atoms with E-state index in [2.05, 4.69) is 6.58 Å².